The summed E-state index contributed by atoms with van der Waals surface area (Å²) in [6, 6.07) is 3.54. The minimum absolute atomic E-state index is 0.00306. The first-order chi connectivity index (χ1) is 7.69. The van der Waals surface area contributed by atoms with Crippen LogP contribution in [0.5, 0.6) is 0 Å². The molecule has 6 nitrogen and oxygen atoms in total. The molecular formula is C9H12ClN5O. The van der Waals surface area contributed by atoms with Gasteiger partial charge in [0, 0.05) is 6.42 Å². The summed E-state index contributed by atoms with van der Waals surface area (Å²) in [5.74, 6) is 1.43. The summed E-state index contributed by atoms with van der Waals surface area (Å²) < 4.78 is 5.34. The number of aryl methyl sites for hydroxylation is 1. The first kappa shape index (κ1) is 11.1. The maximum absolute atomic E-state index is 5.73. The van der Waals surface area contributed by atoms with Gasteiger partial charge in [0.05, 0.1) is 13.1 Å². The van der Waals surface area contributed by atoms with Crippen molar-refractivity contribution in [2.24, 2.45) is 7.05 Å². The number of rotatable bonds is 4. The molecule has 0 spiro atoms. The Morgan fingerprint density at radius 2 is 2.38 bits per heavy atom. The quantitative estimate of drug-likeness (QED) is 0.864. The van der Waals surface area contributed by atoms with Gasteiger partial charge in [0.2, 0.25) is 0 Å². The Bertz CT molecular complexity index is 466. The fraction of sp³-hybridized carbons (Fsp3) is 0.444. The third kappa shape index (κ3) is 2.40. The van der Waals surface area contributed by atoms with Crippen LogP contribution in [0.15, 0.2) is 16.5 Å². The van der Waals surface area contributed by atoms with Crippen LogP contribution in [0.3, 0.4) is 0 Å². The second kappa shape index (κ2) is 4.63. The number of aromatic nitrogens is 4. The summed E-state index contributed by atoms with van der Waals surface area (Å²) in [5, 5.41) is 15.3. The van der Waals surface area contributed by atoms with Gasteiger partial charge in [0.15, 0.2) is 11.0 Å². The van der Waals surface area contributed by atoms with Crippen molar-refractivity contribution in [2.45, 2.75) is 12.5 Å². The van der Waals surface area contributed by atoms with Crippen LogP contribution < -0.4 is 5.32 Å². The van der Waals surface area contributed by atoms with Crippen LogP contribution in [0.2, 0.25) is 5.22 Å². The SMILES string of the molecule is CNC(Cc1nnn(C)n1)c1ccc(Cl)o1. The fourth-order valence-electron chi connectivity index (χ4n) is 1.45. The normalized spacial score (nSPS) is 12.9. The Morgan fingerprint density at radius 3 is 2.88 bits per heavy atom. The average molecular weight is 242 g/mol. The number of halogens is 1. The molecule has 0 aromatic carbocycles. The molecule has 0 aliphatic carbocycles. The molecule has 0 radical (unpaired) electrons. The highest BCUT2D eigenvalue weighted by atomic mass is 35.5. The lowest BCUT2D eigenvalue weighted by molar-refractivity contribution is 0.425. The van der Waals surface area contributed by atoms with Gasteiger partial charge in [0.25, 0.3) is 0 Å². The van der Waals surface area contributed by atoms with E-state index in [-0.39, 0.29) is 6.04 Å². The van der Waals surface area contributed by atoms with Crippen molar-refractivity contribution in [1.82, 2.24) is 25.5 Å². The summed E-state index contributed by atoms with van der Waals surface area (Å²) in [5.41, 5.74) is 0. The predicted molar refractivity (Wildman–Crippen MR) is 58.0 cm³/mol. The molecule has 0 saturated heterocycles. The minimum atomic E-state index is -0.00306. The Morgan fingerprint density at radius 1 is 1.56 bits per heavy atom. The van der Waals surface area contributed by atoms with Gasteiger partial charge in [-0.2, -0.15) is 4.80 Å². The highest BCUT2D eigenvalue weighted by Gasteiger charge is 2.16. The average Bonchev–Trinajstić information content (AvgIpc) is 2.84. The monoisotopic (exact) mass is 241 g/mol. The lowest BCUT2D eigenvalue weighted by Crippen LogP contribution is -2.19. The molecule has 1 N–H and O–H groups in total. The maximum atomic E-state index is 5.73. The number of hydrogen-bond acceptors (Lipinski definition) is 5. The highest BCUT2D eigenvalue weighted by Crippen LogP contribution is 2.21. The molecule has 0 aliphatic rings. The first-order valence-corrected chi connectivity index (χ1v) is 5.22. The zero-order chi connectivity index (χ0) is 11.5. The smallest absolute Gasteiger partial charge is 0.193 e. The van der Waals surface area contributed by atoms with E-state index < -0.39 is 0 Å². The lowest BCUT2D eigenvalue weighted by atomic mass is 10.1. The summed E-state index contributed by atoms with van der Waals surface area (Å²) >= 11 is 5.73. The Balaban J connectivity index is 2.12. The van der Waals surface area contributed by atoms with Gasteiger partial charge >= 0.3 is 0 Å². The molecule has 86 valence electrons. The molecule has 1 atom stereocenters. The van der Waals surface area contributed by atoms with Crippen LogP contribution in [-0.4, -0.2) is 27.3 Å². The molecular weight excluding hydrogens is 230 g/mol. The number of hydrogen-bond donors (Lipinski definition) is 1. The molecule has 2 heterocycles. The van der Waals surface area contributed by atoms with Crippen molar-refractivity contribution >= 4 is 11.6 Å². The van der Waals surface area contributed by atoms with Gasteiger partial charge in [-0.1, -0.05) is 0 Å². The molecule has 0 fully saturated rings. The van der Waals surface area contributed by atoms with Crippen molar-refractivity contribution in [3.05, 3.63) is 28.9 Å². The van der Waals surface area contributed by atoms with Crippen LogP contribution in [0.1, 0.15) is 17.6 Å². The molecule has 16 heavy (non-hydrogen) atoms. The summed E-state index contributed by atoms with van der Waals surface area (Å²) in [6.45, 7) is 0. The van der Waals surface area contributed by atoms with E-state index in [1.54, 1.807) is 13.1 Å². The highest BCUT2D eigenvalue weighted by molar-refractivity contribution is 6.28. The van der Waals surface area contributed by atoms with Crippen molar-refractivity contribution in [2.75, 3.05) is 7.05 Å². The van der Waals surface area contributed by atoms with E-state index >= 15 is 0 Å². The van der Waals surface area contributed by atoms with Gasteiger partial charge < -0.3 is 9.73 Å². The second-order valence-corrected chi connectivity index (χ2v) is 3.75. The Kier molecular flexibility index (Phi) is 3.21. The lowest BCUT2D eigenvalue weighted by Gasteiger charge is -2.10. The summed E-state index contributed by atoms with van der Waals surface area (Å²) in [6.07, 6.45) is 0.605. The van der Waals surface area contributed by atoms with Crippen LogP contribution in [0, 0.1) is 0 Å². The fourth-order valence-corrected chi connectivity index (χ4v) is 1.60. The number of likely N-dealkylation sites (N-methyl/N-ethyl adjacent to an activating group) is 1. The van der Waals surface area contributed by atoms with Crippen molar-refractivity contribution in [1.29, 1.82) is 0 Å². The van der Waals surface area contributed by atoms with Crippen LogP contribution in [0.4, 0.5) is 0 Å². The standard InChI is InChI=1S/C9H12ClN5O/c1-11-6(7-3-4-8(10)16-7)5-9-12-14-15(2)13-9/h3-4,6,11H,5H2,1-2H3. The van der Waals surface area contributed by atoms with E-state index in [9.17, 15) is 0 Å². The number of tetrazole rings is 1. The topological polar surface area (TPSA) is 68.8 Å². The van der Waals surface area contributed by atoms with E-state index in [1.165, 1.54) is 4.80 Å². The molecule has 0 amide bonds. The van der Waals surface area contributed by atoms with Gasteiger partial charge in [0.1, 0.15) is 5.76 Å². The van der Waals surface area contributed by atoms with Crippen molar-refractivity contribution < 1.29 is 4.42 Å². The number of furan rings is 1. The summed E-state index contributed by atoms with van der Waals surface area (Å²) in [4.78, 5) is 1.43. The molecule has 2 rings (SSSR count). The molecule has 0 bridgehead atoms. The zero-order valence-electron chi connectivity index (χ0n) is 9.01. The largest absolute Gasteiger partial charge is 0.448 e. The van der Waals surface area contributed by atoms with Gasteiger partial charge in [-0.05, 0) is 36.0 Å². The van der Waals surface area contributed by atoms with Crippen LogP contribution in [0.25, 0.3) is 0 Å². The molecule has 2 aromatic heterocycles. The molecule has 0 aliphatic heterocycles. The van der Waals surface area contributed by atoms with E-state index in [4.69, 9.17) is 16.0 Å². The molecule has 7 heteroatoms. The van der Waals surface area contributed by atoms with E-state index in [0.717, 1.165) is 5.76 Å². The zero-order valence-corrected chi connectivity index (χ0v) is 9.77. The Labute approximate surface area is 97.6 Å². The second-order valence-electron chi connectivity index (χ2n) is 3.38. The third-order valence-electron chi connectivity index (χ3n) is 2.22. The van der Waals surface area contributed by atoms with Crippen molar-refractivity contribution in [3.8, 4) is 0 Å². The first-order valence-electron chi connectivity index (χ1n) is 4.84. The van der Waals surface area contributed by atoms with Crippen LogP contribution in [-0.2, 0) is 13.5 Å². The van der Waals surface area contributed by atoms with E-state index in [2.05, 4.69) is 20.7 Å². The predicted octanol–water partition coefficient (Wildman–Crippen LogP) is 0.960. The van der Waals surface area contributed by atoms with Crippen LogP contribution >= 0.6 is 11.6 Å². The van der Waals surface area contributed by atoms with Crippen molar-refractivity contribution in [3.63, 3.8) is 0 Å². The van der Waals surface area contributed by atoms with Gasteiger partial charge in [-0.15, -0.1) is 10.2 Å². The Hall–Kier alpha value is -1.40. The van der Waals surface area contributed by atoms with Gasteiger partial charge in [-0.25, -0.2) is 0 Å². The van der Waals surface area contributed by atoms with E-state index in [1.807, 2.05) is 13.1 Å². The number of nitrogens with zero attached hydrogens (tertiary/aromatic N) is 4. The third-order valence-corrected chi connectivity index (χ3v) is 2.43. The molecule has 1 unspecified atom stereocenters. The molecule has 0 saturated carbocycles. The van der Waals surface area contributed by atoms with E-state index in [0.29, 0.717) is 17.5 Å². The molecule has 2 aromatic rings. The minimum Gasteiger partial charge on any atom is -0.448 e. The number of nitrogens with one attached hydrogen (secondary N) is 1. The summed E-state index contributed by atoms with van der Waals surface area (Å²) in [7, 11) is 3.58. The van der Waals surface area contributed by atoms with Gasteiger partial charge in [-0.3, -0.25) is 0 Å². The maximum Gasteiger partial charge on any atom is 0.193 e.